The van der Waals surface area contributed by atoms with E-state index in [1.165, 1.54) is 19.5 Å². The lowest BCUT2D eigenvalue weighted by Crippen LogP contribution is -2.75. The van der Waals surface area contributed by atoms with Gasteiger partial charge in [0.25, 0.3) is 12.4 Å². The van der Waals surface area contributed by atoms with Gasteiger partial charge in [-0.1, -0.05) is 0 Å². The van der Waals surface area contributed by atoms with Crippen LogP contribution in [0.5, 0.6) is 5.75 Å². The Bertz CT molecular complexity index is 1540. The number of rotatable bonds is 7. The number of imidazole rings is 1. The van der Waals surface area contributed by atoms with Crippen LogP contribution in [0.1, 0.15) is 18.4 Å². The first kappa shape index (κ1) is 25.2. The molecule has 1 aliphatic carbocycles. The summed E-state index contributed by atoms with van der Waals surface area (Å²) in [6.07, 6.45) is 0.735. The number of ether oxygens (including phenoxy) is 1. The fraction of sp³-hybridized carbons (Fsp3) is 0.400. The normalized spacial score (nSPS) is 23.2. The standard InChI is InChI=1S/C25H26F3N9O2/c1-39-18-3-2-15(35-22(18)28)16-4-12(8-36-11-34-19-23(29)32-10-33-24(19)36)17(7-31-16)37-9-25(30,20(38)21(26)27)13-5-14(37)6-13/h2-4,7,10-11,13-14,20-21,38H,5-6,8-9,30H2,1H3,(H2,29,32,33)/t13?,14?,20-,25+/m1/s1. The molecule has 5 N–H and O–H groups in total. The average Bonchev–Trinajstić information content (AvgIpc) is 3.31. The van der Waals surface area contributed by atoms with E-state index in [4.69, 9.17) is 16.2 Å². The number of aromatic nitrogens is 6. The van der Waals surface area contributed by atoms with Gasteiger partial charge in [-0.15, -0.1) is 0 Å². The van der Waals surface area contributed by atoms with Gasteiger partial charge >= 0.3 is 0 Å². The van der Waals surface area contributed by atoms with Gasteiger partial charge in [0.15, 0.2) is 17.2 Å². The second-order valence-corrected chi connectivity index (χ2v) is 10.0. The molecule has 0 spiro atoms. The van der Waals surface area contributed by atoms with Gasteiger partial charge in [0.05, 0.1) is 48.8 Å². The summed E-state index contributed by atoms with van der Waals surface area (Å²) in [4.78, 5) is 23.1. The fourth-order valence-corrected chi connectivity index (χ4v) is 5.62. The van der Waals surface area contributed by atoms with E-state index in [1.807, 2.05) is 4.90 Å². The van der Waals surface area contributed by atoms with E-state index >= 15 is 0 Å². The largest absolute Gasteiger partial charge is 0.492 e. The molecule has 204 valence electrons. The number of alkyl halides is 2. The number of aliphatic hydroxyl groups is 1. The van der Waals surface area contributed by atoms with Gasteiger partial charge in [0.2, 0.25) is 0 Å². The number of nitrogens with zero attached hydrogens (tertiary/aromatic N) is 7. The van der Waals surface area contributed by atoms with Crippen molar-refractivity contribution >= 4 is 22.7 Å². The smallest absolute Gasteiger partial charge is 0.265 e. The van der Waals surface area contributed by atoms with Gasteiger partial charge in [0.1, 0.15) is 17.9 Å². The quantitative estimate of drug-likeness (QED) is 0.296. The van der Waals surface area contributed by atoms with Crippen molar-refractivity contribution in [2.75, 3.05) is 24.3 Å². The zero-order valence-corrected chi connectivity index (χ0v) is 20.9. The maximum atomic E-state index is 14.4. The van der Waals surface area contributed by atoms with Gasteiger partial charge < -0.3 is 30.8 Å². The van der Waals surface area contributed by atoms with Crippen molar-refractivity contribution in [3.05, 3.63) is 48.6 Å². The summed E-state index contributed by atoms with van der Waals surface area (Å²) in [5.41, 5.74) is 13.9. The molecule has 0 aromatic carbocycles. The van der Waals surface area contributed by atoms with Crippen molar-refractivity contribution in [3.8, 4) is 17.1 Å². The Morgan fingerprint density at radius 2 is 1.97 bits per heavy atom. The third-order valence-electron chi connectivity index (χ3n) is 7.89. The van der Waals surface area contributed by atoms with Gasteiger partial charge in [-0.2, -0.15) is 4.39 Å². The van der Waals surface area contributed by atoms with E-state index in [-0.39, 0.29) is 42.3 Å². The molecule has 6 heterocycles. The predicted octanol–water partition coefficient (Wildman–Crippen LogP) is 1.98. The summed E-state index contributed by atoms with van der Waals surface area (Å²) in [5.74, 6) is -0.747. The summed E-state index contributed by atoms with van der Waals surface area (Å²) in [6, 6.07) is 4.86. The van der Waals surface area contributed by atoms with Crippen LogP contribution in [-0.4, -0.2) is 72.4 Å². The molecule has 14 heteroatoms. The average molecular weight is 542 g/mol. The lowest BCUT2D eigenvalue weighted by Gasteiger charge is -2.60. The Morgan fingerprint density at radius 1 is 1.18 bits per heavy atom. The van der Waals surface area contributed by atoms with E-state index < -0.39 is 24.0 Å². The molecule has 0 radical (unpaired) electrons. The van der Waals surface area contributed by atoms with Crippen LogP contribution in [0.3, 0.4) is 0 Å². The lowest BCUT2D eigenvalue weighted by atomic mass is 9.61. The number of nitrogens with two attached hydrogens (primary N) is 2. The van der Waals surface area contributed by atoms with Crippen LogP contribution in [-0.2, 0) is 6.54 Å². The van der Waals surface area contributed by atoms with Crippen LogP contribution in [0, 0.1) is 11.9 Å². The number of anilines is 2. The maximum Gasteiger partial charge on any atom is 0.265 e. The highest BCUT2D eigenvalue weighted by atomic mass is 19.3. The first-order chi connectivity index (χ1) is 18.7. The first-order valence-corrected chi connectivity index (χ1v) is 12.3. The molecule has 3 fully saturated rings. The molecular formula is C25H26F3N9O2. The van der Waals surface area contributed by atoms with Crippen molar-refractivity contribution in [1.82, 2.24) is 29.5 Å². The van der Waals surface area contributed by atoms with Gasteiger partial charge in [-0.05, 0) is 42.5 Å². The number of halogens is 3. The second kappa shape index (κ2) is 9.31. The minimum Gasteiger partial charge on any atom is -0.492 e. The molecule has 2 atom stereocenters. The van der Waals surface area contributed by atoms with Crippen molar-refractivity contribution in [2.24, 2.45) is 11.7 Å². The van der Waals surface area contributed by atoms with Crippen molar-refractivity contribution in [2.45, 2.75) is 43.5 Å². The summed E-state index contributed by atoms with van der Waals surface area (Å²) >= 11 is 0. The molecule has 1 saturated carbocycles. The molecule has 4 aromatic heterocycles. The fourth-order valence-electron chi connectivity index (χ4n) is 5.62. The van der Waals surface area contributed by atoms with E-state index in [2.05, 4.69) is 24.9 Å². The SMILES string of the molecule is COc1ccc(-c2cc(Cn3cnc4c(N)ncnc43)c(N3C[C@@](N)([C@H](O)C(F)F)C4CC3C4)cn2)nc1F. The van der Waals surface area contributed by atoms with E-state index in [9.17, 15) is 18.3 Å². The van der Waals surface area contributed by atoms with Gasteiger partial charge in [0, 0.05) is 12.6 Å². The third kappa shape index (κ3) is 4.10. The molecule has 2 aliphatic heterocycles. The van der Waals surface area contributed by atoms with Crippen LogP contribution in [0.4, 0.5) is 24.7 Å². The number of nitrogen functional groups attached to an aromatic ring is 1. The molecule has 7 rings (SSSR count). The minimum absolute atomic E-state index is 0.00230. The zero-order chi connectivity index (χ0) is 27.5. The van der Waals surface area contributed by atoms with Crippen LogP contribution >= 0.6 is 0 Å². The molecular weight excluding hydrogens is 515 g/mol. The number of pyridine rings is 2. The number of aliphatic hydroxyl groups excluding tert-OH is 1. The monoisotopic (exact) mass is 541 g/mol. The highest BCUT2D eigenvalue weighted by Crippen LogP contribution is 2.48. The minimum atomic E-state index is -2.97. The number of methoxy groups -OCH3 is 1. The number of piperidine rings is 2. The van der Waals surface area contributed by atoms with Crippen LogP contribution < -0.4 is 21.1 Å². The Labute approximate surface area is 220 Å². The van der Waals surface area contributed by atoms with E-state index in [0.717, 1.165) is 0 Å². The van der Waals surface area contributed by atoms with Gasteiger partial charge in [-0.25, -0.2) is 28.7 Å². The highest BCUT2D eigenvalue weighted by Gasteiger charge is 2.57. The van der Waals surface area contributed by atoms with Crippen LogP contribution in [0.2, 0.25) is 0 Å². The maximum absolute atomic E-state index is 14.4. The Hall–Kier alpha value is -4.04. The molecule has 2 saturated heterocycles. The third-order valence-corrected chi connectivity index (χ3v) is 7.89. The summed E-state index contributed by atoms with van der Waals surface area (Å²) in [7, 11) is 1.35. The summed E-state index contributed by atoms with van der Waals surface area (Å²) in [5, 5.41) is 10.3. The number of fused-ring (bicyclic) bond motifs is 3. The molecule has 0 amide bonds. The molecule has 0 unspecified atom stereocenters. The Kier molecular flexibility index (Phi) is 6.03. The number of hydrogen-bond donors (Lipinski definition) is 3. The zero-order valence-electron chi connectivity index (χ0n) is 20.9. The van der Waals surface area contributed by atoms with Gasteiger partial charge in [-0.3, -0.25) is 4.98 Å². The first-order valence-electron chi connectivity index (χ1n) is 12.3. The Balaban J connectivity index is 1.44. The molecule has 3 aliphatic rings. The molecule has 39 heavy (non-hydrogen) atoms. The highest BCUT2D eigenvalue weighted by molar-refractivity contribution is 5.81. The van der Waals surface area contributed by atoms with Crippen molar-refractivity contribution < 1.29 is 23.0 Å². The van der Waals surface area contributed by atoms with Crippen molar-refractivity contribution in [1.29, 1.82) is 0 Å². The lowest BCUT2D eigenvalue weighted by molar-refractivity contribution is -0.0917. The summed E-state index contributed by atoms with van der Waals surface area (Å²) in [6.45, 7) is 0.273. The second-order valence-electron chi connectivity index (χ2n) is 10.0. The van der Waals surface area contributed by atoms with Crippen LogP contribution in [0.25, 0.3) is 22.6 Å². The predicted molar refractivity (Wildman–Crippen MR) is 136 cm³/mol. The van der Waals surface area contributed by atoms with Crippen molar-refractivity contribution in [3.63, 3.8) is 0 Å². The Morgan fingerprint density at radius 3 is 2.69 bits per heavy atom. The van der Waals surface area contributed by atoms with E-state index in [0.29, 0.717) is 41.0 Å². The topological polar surface area (TPSA) is 154 Å². The molecule has 4 aromatic rings. The number of hydrogen-bond acceptors (Lipinski definition) is 10. The van der Waals surface area contributed by atoms with Crippen LogP contribution in [0.15, 0.2) is 37.1 Å². The molecule has 11 nitrogen and oxygen atoms in total. The summed E-state index contributed by atoms with van der Waals surface area (Å²) < 4.78 is 48.3. The van der Waals surface area contributed by atoms with E-state index in [1.54, 1.807) is 29.2 Å². The molecule has 2 bridgehead atoms.